The smallest absolute Gasteiger partial charge is 0.224 e. The molecule has 0 saturated carbocycles. The van der Waals surface area contributed by atoms with Crippen molar-refractivity contribution in [2.24, 2.45) is 0 Å². The molecule has 0 unspecified atom stereocenters. The first-order chi connectivity index (χ1) is 9.74. The zero-order chi connectivity index (χ0) is 13.9. The largest absolute Gasteiger partial charge is 0.338 e. The van der Waals surface area contributed by atoms with Crippen molar-refractivity contribution < 1.29 is 4.79 Å². The second-order valence-electron chi connectivity index (χ2n) is 4.85. The summed E-state index contributed by atoms with van der Waals surface area (Å²) >= 11 is 6.21. The maximum atomic E-state index is 12.2. The number of rotatable bonds is 3. The van der Waals surface area contributed by atoms with Crippen LogP contribution < -0.4 is 0 Å². The van der Waals surface area contributed by atoms with Crippen LogP contribution >= 0.6 is 11.6 Å². The number of hydrogen-bond acceptors (Lipinski definition) is 3. The molecule has 2 heterocycles. The van der Waals surface area contributed by atoms with Gasteiger partial charge in [-0.2, -0.15) is 5.10 Å². The fraction of sp³-hybridized carbons (Fsp3) is 0.357. The molecule has 5 nitrogen and oxygen atoms in total. The Morgan fingerprint density at radius 2 is 2.30 bits per heavy atom. The highest BCUT2D eigenvalue weighted by molar-refractivity contribution is 6.31. The van der Waals surface area contributed by atoms with Gasteiger partial charge in [0.1, 0.15) is 12.7 Å². The van der Waals surface area contributed by atoms with Crippen LogP contribution in [-0.2, 0) is 24.3 Å². The molecule has 104 valence electrons. The van der Waals surface area contributed by atoms with Crippen LogP contribution in [0.2, 0.25) is 5.02 Å². The molecule has 1 aromatic heterocycles. The van der Waals surface area contributed by atoms with E-state index in [0.717, 1.165) is 23.6 Å². The third-order valence-corrected chi connectivity index (χ3v) is 3.94. The lowest BCUT2D eigenvalue weighted by atomic mass is 9.99. The van der Waals surface area contributed by atoms with Gasteiger partial charge in [0.25, 0.3) is 0 Å². The highest BCUT2D eigenvalue weighted by Gasteiger charge is 2.21. The van der Waals surface area contributed by atoms with Gasteiger partial charge in [-0.05, 0) is 23.6 Å². The lowest BCUT2D eigenvalue weighted by Gasteiger charge is -2.29. The van der Waals surface area contributed by atoms with Crippen LogP contribution in [-0.4, -0.2) is 32.1 Å². The Morgan fingerprint density at radius 1 is 1.40 bits per heavy atom. The molecule has 1 amide bonds. The molecule has 20 heavy (non-hydrogen) atoms. The summed E-state index contributed by atoms with van der Waals surface area (Å²) in [5, 5.41) is 4.74. The van der Waals surface area contributed by atoms with E-state index in [9.17, 15) is 4.79 Å². The van der Waals surface area contributed by atoms with Crippen molar-refractivity contribution in [3.8, 4) is 0 Å². The Bertz CT molecular complexity index is 612. The molecule has 0 bridgehead atoms. The minimum atomic E-state index is 0.131. The van der Waals surface area contributed by atoms with Crippen molar-refractivity contribution in [3.05, 3.63) is 47.0 Å². The van der Waals surface area contributed by atoms with Crippen LogP contribution in [0.1, 0.15) is 17.5 Å². The van der Waals surface area contributed by atoms with Crippen molar-refractivity contribution in [2.75, 3.05) is 6.54 Å². The normalized spacial score (nSPS) is 14.2. The highest BCUT2D eigenvalue weighted by Crippen LogP contribution is 2.26. The van der Waals surface area contributed by atoms with E-state index in [1.807, 2.05) is 17.0 Å². The Labute approximate surface area is 122 Å². The molecule has 1 aliphatic rings. The molecular weight excluding hydrogens is 276 g/mol. The minimum absolute atomic E-state index is 0.131. The number of halogens is 1. The summed E-state index contributed by atoms with van der Waals surface area (Å²) in [4.78, 5) is 18.0. The second kappa shape index (κ2) is 5.63. The van der Waals surface area contributed by atoms with E-state index >= 15 is 0 Å². The van der Waals surface area contributed by atoms with Crippen LogP contribution in [0.15, 0.2) is 30.9 Å². The van der Waals surface area contributed by atoms with Crippen LogP contribution in [0.4, 0.5) is 0 Å². The van der Waals surface area contributed by atoms with Crippen molar-refractivity contribution in [1.82, 2.24) is 19.7 Å². The molecule has 2 aromatic rings. The van der Waals surface area contributed by atoms with Crippen molar-refractivity contribution in [3.63, 3.8) is 0 Å². The average Bonchev–Trinajstić information content (AvgIpc) is 2.98. The first-order valence-electron chi connectivity index (χ1n) is 6.60. The number of hydrogen-bond donors (Lipinski definition) is 0. The molecule has 1 aromatic carbocycles. The SMILES string of the molecule is O=C(CCn1cncn1)N1CCc2cccc(Cl)c2C1. The van der Waals surface area contributed by atoms with Crippen molar-refractivity contribution >= 4 is 17.5 Å². The molecule has 0 fully saturated rings. The molecule has 0 N–H and O–H groups in total. The zero-order valence-electron chi connectivity index (χ0n) is 11.0. The first kappa shape index (κ1) is 13.1. The van der Waals surface area contributed by atoms with Crippen molar-refractivity contribution in [1.29, 1.82) is 0 Å². The summed E-state index contributed by atoms with van der Waals surface area (Å²) in [7, 11) is 0. The maximum Gasteiger partial charge on any atom is 0.224 e. The molecule has 0 radical (unpaired) electrons. The number of aromatic nitrogens is 3. The monoisotopic (exact) mass is 290 g/mol. The van der Waals surface area contributed by atoms with Gasteiger partial charge in [-0.15, -0.1) is 0 Å². The van der Waals surface area contributed by atoms with Gasteiger partial charge < -0.3 is 4.90 Å². The molecule has 3 rings (SSSR count). The number of fused-ring (bicyclic) bond motifs is 1. The van der Waals surface area contributed by atoms with Crippen LogP contribution in [0.25, 0.3) is 0 Å². The topological polar surface area (TPSA) is 51.0 Å². The van der Waals surface area contributed by atoms with Crippen molar-refractivity contribution in [2.45, 2.75) is 25.9 Å². The van der Waals surface area contributed by atoms with Gasteiger partial charge in [0.2, 0.25) is 5.91 Å². The van der Waals surface area contributed by atoms with E-state index in [1.165, 1.54) is 11.9 Å². The fourth-order valence-corrected chi connectivity index (χ4v) is 2.72. The quantitative estimate of drug-likeness (QED) is 0.867. The predicted octanol–water partition coefficient (Wildman–Crippen LogP) is 1.91. The van der Waals surface area contributed by atoms with Gasteiger partial charge in [0.05, 0.1) is 6.54 Å². The van der Waals surface area contributed by atoms with Gasteiger partial charge in [-0.1, -0.05) is 23.7 Å². The number of benzene rings is 1. The lowest BCUT2D eigenvalue weighted by Crippen LogP contribution is -2.36. The van der Waals surface area contributed by atoms with E-state index < -0.39 is 0 Å². The molecule has 0 spiro atoms. The predicted molar refractivity (Wildman–Crippen MR) is 75.2 cm³/mol. The summed E-state index contributed by atoms with van der Waals surface area (Å²) in [6, 6.07) is 5.92. The average molecular weight is 291 g/mol. The maximum absolute atomic E-state index is 12.2. The summed E-state index contributed by atoms with van der Waals surface area (Å²) in [6.45, 7) is 1.92. The lowest BCUT2D eigenvalue weighted by molar-refractivity contribution is -0.132. The van der Waals surface area contributed by atoms with Gasteiger partial charge in [0.15, 0.2) is 0 Å². The molecule has 0 aliphatic carbocycles. The van der Waals surface area contributed by atoms with Crippen LogP contribution in [0, 0.1) is 0 Å². The van der Waals surface area contributed by atoms with E-state index in [2.05, 4.69) is 16.1 Å². The van der Waals surface area contributed by atoms with Crippen LogP contribution in [0.5, 0.6) is 0 Å². The molecular formula is C14H15ClN4O. The summed E-state index contributed by atoms with van der Waals surface area (Å²) in [5.41, 5.74) is 2.33. The minimum Gasteiger partial charge on any atom is -0.338 e. The van der Waals surface area contributed by atoms with Gasteiger partial charge >= 0.3 is 0 Å². The number of amides is 1. The van der Waals surface area contributed by atoms with Gasteiger partial charge in [0, 0.05) is 24.5 Å². The Hall–Kier alpha value is -1.88. The number of carbonyl (C=O) groups excluding carboxylic acids is 1. The van der Waals surface area contributed by atoms with Gasteiger partial charge in [-0.25, -0.2) is 4.98 Å². The Kier molecular flexibility index (Phi) is 3.69. The standard InChI is InChI=1S/C14H15ClN4O/c15-13-3-1-2-11-4-6-18(8-12(11)13)14(20)5-7-19-10-16-9-17-19/h1-3,9-10H,4-8H2. The van der Waals surface area contributed by atoms with Gasteiger partial charge in [-0.3, -0.25) is 9.48 Å². The van der Waals surface area contributed by atoms with E-state index in [-0.39, 0.29) is 5.91 Å². The Balaban J connectivity index is 1.64. The molecule has 0 saturated heterocycles. The first-order valence-corrected chi connectivity index (χ1v) is 6.98. The summed E-state index contributed by atoms with van der Waals surface area (Å²) in [6.07, 6.45) is 4.39. The summed E-state index contributed by atoms with van der Waals surface area (Å²) in [5.74, 6) is 0.131. The fourth-order valence-electron chi connectivity index (χ4n) is 2.47. The molecule has 6 heteroatoms. The molecule has 1 aliphatic heterocycles. The van der Waals surface area contributed by atoms with E-state index in [0.29, 0.717) is 19.5 Å². The number of carbonyl (C=O) groups is 1. The number of aryl methyl sites for hydroxylation is 1. The highest BCUT2D eigenvalue weighted by atomic mass is 35.5. The third-order valence-electron chi connectivity index (χ3n) is 3.59. The number of nitrogens with zero attached hydrogens (tertiary/aromatic N) is 4. The zero-order valence-corrected chi connectivity index (χ0v) is 11.8. The summed E-state index contributed by atoms with van der Waals surface area (Å²) < 4.78 is 1.67. The van der Waals surface area contributed by atoms with E-state index in [4.69, 9.17) is 11.6 Å². The Morgan fingerprint density at radius 3 is 3.10 bits per heavy atom. The molecule has 0 atom stereocenters. The van der Waals surface area contributed by atoms with E-state index in [1.54, 1.807) is 11.0 Å². The second-order valence-corrected chi connectivity index (χ2v) is 5.26. The third kappa shape index (κ3) is 2.67. The van der Waals surface area contributed by atoms with Crippen LogP contribution in [0.3, 0.4) is 0 Å².